The fourth-order valence-electron chi connectivity index (χ4n) is 6.22. The summed E-state index contributed by atoms with van der Waals surface area (Å²) in [6, 6.07) is 16.6. The molecule has 6 rings (SSSR count). The van der Waals surface area contributed by atoms with E-state index in [4.69, 9.17) is 9.47 Å². The molecule has 6 aromatic rings. The number of aromatic carboxylic acids is 1. The molecule has 5 amide bonds. The Morgan fingerprint density at radius 1 is 0.683 bits per heavy atom. The summed E-state index contributed by atoms with van der Waals surface area (Å²) in [7, 11) is 2.35. The number of amides is 5. The SMILES string of the molecule is CCn1cc(C(=O)Nc2ccc(C(=O)NCC(=O)Nc3ccc(C(=O)Nc4ccc(C(=O)Nc5ccc(C(=O)O)c(O)c5OC)c(O)c4OC)nc3)cc2)c(=O)c2ccc(C)nc21. The van der Waals surface area contributed by atoms with Gasteiger partial charge in [-0.2, -0.15) is 0 Å². The molecule has 3 heterocycles. The molecule has 0 radical (unpaired) electrons. The molecule has 3 aromatic heterocycles. The zero-order valence-electron chi connectivity index (χ0n) is 33.9. The largest absolute Gasteiger partial charge is 0.504 e. The van der Waals surface area contributed by atoms with E-state index in [0.29, 0.717) is 23.3 Å². The highest BCUT2D eigenvalue weighted by molar-refractivity contribution is 6.10. The Hall–Kier alpha value is -8.81. The molecule has 0 fully saturated rings. The van der Waals surface area contributed by atoms with Crippen molar-refractivity contribution < 1.29 is 53.6 Å². The highest BCUT2D eigenvalue weighted by atomic mass is 16.5. The first-order chi connectivity index (χ1) is 30.1. The molecule has 8 N–H and O–H groups in total. The van der Waals surface area contributed by atoms with E-state index >= 15 is 0 Å². The predicted molar refractivity (Wildman–Crippen MR) is 228 cm³/mol. The fraction of sp³-hybridized carbons (Fsp3) is 0.140. The number of hydrogen-bond donors (Lipinski definition) is 8. The number of methoxy groups -OCH3 is 2. The van der Waals surface area contributed by atoms with Crippen LogP contribution >= 0.6 is 0 Å². The summed E-state index contributed by atoms with van der Waals surface area (Å²) in [6.07, 6.45) is 2.66. The van der Waals surface area contributed by atoms with Crippen LogP contribution in [0.3, 0.4) is 0 Å². The van der Waals surface area contributed by atoms with Crippen LogP contribution in [0.4, 0.5) is 22.7 Å². The van der Waals surface area contributed by atoms with Gasteiger partial charge in [0.15, 0.2) is 23.0 Å². The lowest BCUT2D eigenvalue weighted by molar-refractivity contribution is -0.115. The molecule has 0 atom stereocenters. The Labute approximate surface area is 356 Å². The van der Waals surface area contributed by atoms with Gasteiger partial charge in [0.2, 0.25) is 11.3 Å². The number of pyridine rings is 3. The lowest BCUT2D eigenvalue weighted by Gasteiger charge is -2.16. The number of carboxylic acids is 1. The Morgan fingerprint density at radius 2 is 1.29 bits per heavy atom. The standard InChI is InChI=1S/C43H38N8O12/c1-5-51-20-28(33(53)25-12-6-21(2)46-38(25)51)41(58)48-23-9-7-22(8-10-23)39(56)45-19-32(52)47-24-11-15-31(44-18-24)42(59)50-30-16-13-26(34(54)36(30)62-3)40(57)49-29-17-14-27(43(60)61)35(55)37(29)63-4/h6-18,20,54-55H,5,19H2,1-4H3,(H,45,56)(H,47,52)(H,48,58)(H,49,57)(H,50,59)(H,60,61). The number of nitrogens with one attached hydrogen (secondary N) is 5. The highest BCUT2D eigenvalue weighted by Crippen LogP contribution is 2.40. The van der Waals surface area contributed by atoms with Crippen molar-refractivity contribution in [2.24, 2.45) is 0 Å². The molecule has 0 bridgehead atoms. The molecule has 0 saturated heterocycles. The van der Waals surface area contributed by atoms with Crippen molar-refractivity contribution in [3.63, 3.8) is 0 Å². The number of ether oxygens (including phenoxy) is 2. The van der Waals surface area contributed by atoms with Gasteiger partial charge in [0, 0.05) is 29.7 Å². The molecular weight excluding hydrogens is 821 g/mol. The molecule has 0 aliphatic heterocycles. The zero-order chi connectivity index (χ0) is 45.5. The number of aromatic nitrogens is 3. The van der Waals surface area contributed by atoms with Crippen molar-refractivity contribution in [2.75, 3.05) is 42.0 Å². The third-order valence-corrected chi connectivity index (χ3v) is 9.38. The summed E-state index contributed by atoms with van der Waals surface area (Å²) in [5, 5.41) is 43.4. The number of benzene rings is 3. The number of nitrogens with zero attached hydrogens (tertiary/aromatic N) is 3. The maximum atomic E-state index is 13.1. The molecule has 20 nitrogen and oxygen atoms in total. The summed E-state index contributed by atoms with van der Waals surface area (Å²) in [6.45, 7) is 3.74. The van der Waals surface area contributed by atoms with Crippen LogP contribution in [0.2, 0.25) is 0 Å². The van der Waals surface area contributed by atoms with Gasteiger partial charge in [-0.25, -0.2) is 14.8 Å². The van der Waals surface area contributed by atoms with Crippen LogP contribution in [-0.2, 0) is 11.3 Å². The second-order valence-electron chi connectivity index (χ2n) is 13.5. The fourth-order valence-corrected chi connectivity index (χ4v) is 6.22. The van der Waals surface area contributed by atoms with Crippen LogP contribution in [0.5, 0.6) is 23.0 Å². The lowest BCUT2D eigenvalue weighted by atomic mass is 10.1. The minimum absolute atomic E-state index is 0.0385. The highest BCUT2D eigenvalue weighted by Gasteiger charge is 2.24. The van der Waals surface area contributed by atoms with Gasteiger partial charge in [-0.3, -0.25) is 28.8 Å². The molecule has 322 valence electrons. The van der Waals surface area contributed by atoms with Gasteiger partial charge < -0.3 is 55.9 Å². The number of hydrogen-bond acceptors (Lipinski definition) is 13. The maximum absolute atomic E-state index is 13.1. The number of carbonyl (C=O) groups is 6. The van der Waals surface area contributed by atoms with Gasteiger partial charge in [0.05, 0.1) is 55.0 Å². The number of aryl methyl sites for hydroxylation is 2. The van der Waals surface area contributed by atoms with Gasteiger partial charge >= 0.3 is 5.97 Å². The van der Waals surface area contributed by atoms with Gasteiger partial charge in [0.1, 0.15) is 22.5 Å². The van der Waals surface area contributed by atoms with E-state index in [2.05, 4.69) is 36.6 Å². The van der Waals surface area contributed by atoms with E-state index in [1.54, 1.807) is 16.7 Å². The molecule has 0 saturated carbocycles. The average Bonchev–Trinajstić information content (AvgIpc) is 3.26. The normalized spacial score (nSPS) is 10.7. The molecule has 3 aromatic carbocycles. The number of anilines is 4. The number of carbonyl (C=O) groups excluding carboxylic acids is 5. The second kappa shape index (κ2) is 18.6. The first-order valence-electron chi connectivity index (χ1n) is 18.8. The molecule has 0 spiro atoms. The smallest absolute Gasteiger partial charge is 0.339 e. The van der Waals surface area contributed by atoms with Crippen LogP contribution in [0, 0.1) is 6.92 Å². The van der Waals surface area contributed by atoms with Gasteiger partial charge in [-0.15, -0.1) is 0 Å². The van der Waals surface area contributed by atoms with Crippen LogP contribution in [0.1, 0.15) is 64.5 Å². The number of carboxylic acid groups (broad SMARTS) is 1. The van der Waals surface area contributed by atoms with Crippen molar-refractivity contribution in [1.82, 2.24) is 19.9 Å². The maximum Gasteiger partial charge on any atom is 0.339 e. The second-order valence-corrected chi connectivity index (χ2v) is 13.5. The van der Waals surface area contributed by atoms with Crippen LogP contribution in [0.15, 0.2) is 90.0 Å². The van der Waals surface area contributed by atoms with E-state index in [-0.39, 0.29) is 50.9 Å². The van der Waals surface area contributed by atoms with Gasteiger partial charge in [-0.1, -0.05) is 0 Å². The van der Waals surface area contributed by atoms with Crippen LogP contribution in [-0.4, -0.2) is 86.1 Å². The Morgan fingerprint density at radius 3 is 1.89 bits per heavy atom. The van der Waals surface area contributed by atoms with Crippen LogP contribution < -0.4 is 41.5 Å². The summed E-state index contributed by atoms with van der Waals surface area (Å²) >= 11 is 0. The van der Waals surface area contributed by atoms with E-state index in [1.165, 1.54) is 74.1 Å². The number of aromatic hydroxyl groups is 2. The summed E-state index contributed by atoms with van der Waals surface area (Å²) < 4.78 is 12.0. The van der Waals surface area contributed by atoms with Crippen molar-refractivity contribution in [3.05, 3.63) is 129 Å². The molecule has 20 heteroatoms. The van der Waals surface area contributed by atoms with Gasteiger partial charge in [-0.05, 0) is 86.6 Å². The number of phenolic OH excluding ortho intramolecular Hbond substituents is 1. The Balaban J connectivity index is 1.01. The minimum Gasteiger partial charge on any atom is -0.504 e. The van der Waals surface area contributed by atoms with E-state index < -0.39 is 64.5 Å². The number of fused-ring (bicyclic) bond motifs is 1. The average molecular weight is 859 g/mol. The minimum atomic E-state index is -1.42. The molecule has 0 unspecified atom stereocenters. The molecular formula is C43H38N8O12. The topological polar surface area (TPSA) is 289 Å². The Bertz CT molecular complexity index is 2880. The van der Waals surface area contributed by atoms with Crippen molar-refractivity contribution in [3.8, 4) is 23.0 Å². The first-order valence-corrected chi connectivity index (χ1v) is 18.8. The zero-order valence-corrected chi connectivity index (χ0v) is 33.9. The predicted octanol–water partition coefficient (Wildman–Crippen LogP) is 4.37. The monoisotopic (exact) mass is 858 g/mol. The third kappa shape index (κ3) is 9.49. The number of rotatable bonds is 14. The quantitative estimate of drug-likeness (QED) is 0.0755. The van der Waals surface area contributed by atoms with Gasteiger partial charge in [0.25, 0.3) is 23.6 Å². The summed E-state index contributed by atoms with van der Waals surface area (Å²) in [4.78, 5) is 97.6. The molecule has 0 aliphatic carbocycles. The summed E-state index contributed by atoms with van der Waals surface area (Å²) in [5.41, 5.74) is 0.386. The third-order valence-electron chi connectivity index (χ3n) is 9.38. The van der Waals surface area contributed by atoms with Crippen molar-refractivity contribution >= 4 is 69.3 Å². The molecule has 0 aliphatic rings. The van der Waals surface area contributed by atoms with Crippen molar-refractivity contribution in [1.29, 1.82) is 0 Å². The lowest BCUT2D eigenvalue weighted by Crippen LogP contribution is -2.32. The van der Waals surface area contributed by atoms with E-state index in [1.807, 2.05) is 13.8 Å². The molecule has 63 heavy (non-hydrogen) atoms. The summed E-state index contributed by atoms with van der Waals surface area (Å²) in [5.74, 6) is -6.88. The first kappa shape index (κ1) is 43.8. The van der Waals surface area contributed by atoms with E-state index in [0.717, 1.165) is 18.9 Å². The Kier molecular flexibility index (Phi) is 12.9. The number of phenols is 2. The van der Waals surface area contributed by atoms with Crippen LogP contribution in [0.25, 0.3) is 11.0 Å². The van der Waals surface area contributed by atoms with Crippen molar-refractivity contribution in [2.45, 2.75) is 20.4 Å². The van der Waals surface area contributed by atoms with E-state index in [9.17, 15) is 48.9 Å².